The van der Waals surface area contributed by atoms with Crippen molar-refractivity contribution in [1.29, 1.82) is 0 Å². The van der Waals surface area contributed by atoms with E-state index in [4.69, 9.17) is 44.3 Å². The summed E-state index contributed by atoms with van der Waals surface area (Å²) in [5.74, 6) is -0.205. The van der Waals surface area contributed by atoms with Crippen molar-refractivity contribution >= 4 is 34.8 Å². The molecule has 0 atom stereocenters. The SMILES string of the molecule is Fc1ccc(COCC(Cl)(Cl)Cl)nc1Oc1ccccc1. The zero-order valence-electron chi connectivity index (χ0n) is 10.7. The lowest BCUT2D eigenvalue weighted by Crippen LogP contribution is -2.13. The van der Waals surface area contributed by atoms with Gasteiger partial charge in [0.1, 0.15) is 5.75 Å². The molecule has 0 fully saturated rings. The van der Waals surface area contributed by atoms with Gasteiger partial charge in [0.15, 0.2) is 5.82 Å². The number of ether oxygens (including phenoxy) is 2. The fourth-order valence-electron chi connectivity index (χ4n) is 1.49. The lowest BCUT2D eigenvalue weighted by Gasteiger charge is -2.11. The lowest BCUT2D eigenvalue weighted by atomic mass is 10.3. The van der Waals surface area contributed by atoms with Crippen LogP contribution >= 0.6 is 34.8 Å². The minimum Gasteiger partial charge on any atom is -0.436 e. The van der Waals surface area contributed by atoms with Crippen LogP contribution in [0.4, 0.5) is 4.39 Å². The van der Waals surface area contributed by atoms with Crippen LogP contribution in [0.1, 0.15) is 5.69 Å². The van der Waals surface area contributed by atoms with E-state index in [9.17, 15) is 4.39 Å². The molecular weight excluding hydrogens is 340 g/mol. The Hall–Kier alpha value is -1.07. The summed E-state index contributed by atoms with van der Waals surface area (Å²) < 4.78 is 22.7. The van der Waals surface area contributed by atoms with Crippen molar-refractivity contribution in [2.75, 3.05) is 6.61 Å². The molecule has 0 radical (unpaired) electrons. The highest BCUT2D eigenvalue weighted by Crippen LogP contribution is 2.27. The van der Waals surface area contributed by atoms with E-state index in [0.29, 0.717) is 11.4 Å². The van der Waals surface area contributed by atoms with Crippen molar-refractivity contribution in [2.24, 2.45) is 0 Å². The third-order valence-corrected chi connectivity index (χ3v) is 2.67. The van der Waals surface area contributed by atoms with E-state index in [2.05, 4.69) is 4.98 Å². The van der Waals surface area contributed by atoms with Crippen molar-refractivity contribution in [3.8, 4) is 11.6 Å². The number of nitrogens with zero attached hydrogens (tertiary/aromatic N) is 1. The van der Waals surface area contributed by atoms with Gasteiger partial charge in [-0.15, -0.1) is 0 Å². The van der Waals surface area contributed by atoms with E-state index >= 15 is 0 Å². The maximum atomic E-state index is 13.7. The highest BCUT2D eigenvalue weighted by Gasteiger charge is 2.19. The zero-order valence-corrected chi connectivity index (χ0v) is 13.0. The van der Waals surface area contributed by atoms with Crippen molar-refractivity contribution in [3.05, 3.63) is 54.0 Å². The molecule has 3 nitrogen and oxygen atoms in total. The molecule has 1 aromatic heterocycles. The van der Waals surface area contributed by atoms with E-state index in [-0.39, 0.29) is 19.1 Å². The number of rotatable bonds is 5. The molecule has 0 spiro atoms. The number of hydrogen-bond donors (Lipinski definition) is 0. The van der Waals surface area contributed by atoms with Crippen LogP contribution in [0, 0.1) is 5.82 Å². The van der Waals surface area contributed by atoms with Gasteiger partial charge in [0.05, 0.1) is 18.9 Å². The van der Waals surface area contributed by atoms with Crippen LogP contribution in [0.3, 0.4) is 0 Å². The van der Waals surface area contributed by atoms with Crippen LogP contribution in [0.25, 0.3) is 0 Å². The van der Waals surface area contributed by atoms with Gasteiger partial charge < -0.3 is 9.47 Å². The summed E-state index contributed by atoms with van der Waals surface area (Å²) in [4.78, 5) is 4.04. The van der Waals surface area contributed by atoms with Crippen molar-refractivity contribution in [3.63, 3.8) is 0 Å². The molecule has 0 aliphatic rings. The van der Waals surface area contributed by atoms with E-state index in [1.54, 1.807) is 24.3 Å². The van der Waals surface area contributed by atoms with Gasteiger partial charge in [-0.3, -0.25) is 0 Å². The number of aromatic nitrogens is 1. The molecule has 0 N–H and O–H groups in total. The second-order valence-corrected chi connectivity index (χ2v) is 6.63. The maximum Gasteiger partial charge on any atom is 0.256 e. The number of hydrogen-bond acceptors (Lipinski definition) is 3. The van der Waals surface area contributed by atoms with E-state index in [1.807, 2.05) is 6.07 Å². The van der Waals surface area contributed by atoms with Crippen molar-refractivity contribution < 1.29 is 13.9 Å². The molecule has 2 aromatic rings. The Morgan fingerprint density at radius 1 is 1.05 bits per heavy atom. The van der Waals surface area contributed by atoms with Gasteiger partial charge in [0, 0.05) is 0 Å². The smallest absolute Gasteiger partial charge is 0.256 e. The summed E-state index contributed by atoms with van der Waals surface area (Å²) in [7, 11) is 0. The van der Waals surface area contributed by atoms with E-state index in [1.165, 1.54) is 12.1 Å². The zero-order chi connectivity index (χ0) is 15.3. The predicted molar refractivity (Wildman–Crippen MR) is 80.7 cm³/mol. The molecule has 0 amide bonds. The molecule has 21 heavy (non-hydrogen) atoms. The van der Waals surface area contributed by atoms with Gasteiger partial charge >= 0.3 is 0 Å². The summed E-state index contributed by atoms with van der Waals surface area (Å²) in [6.07, 6.45) is 0. The Labute approximate surface area is 136 Å². The van der Waals surface area contributed by atoms with Gasteiger partial charge in [-0.25, -0.2) is 9.37 Å². The molecule has 0 aliphatic carbocycles. The minimum atomic E-state index is -1.50. The number of alkyl halides is 3. The first-order valence-corrected chi connectivity index (χ1v) is 7.10. The Morgan fingerprint density at radius 2 is 1.76 bits per heavy atom. The molecule has 1 heterocycles. The van der Waals surface area contributed by atoms with Crippen LogP contribution in [0.15, 0.2) is 42.5 Å². The second-order valence-electron chi connectivity index (χ2n) is 4.11. The molecule has 0 bridgehead atoms. The summed E-state index contributed by atoms with van der Waals surface area (Å²) in [5.41, 5.74) is 0.469. The summed E-state index contributed by atoms with van der Waals surface area (Å²) in [6, 6.07) is 11.5. The number of halogens is 4. The Kier molecular flexibility index (Phi) is 5.65. The molecular formula is C14H11Cl3FNO2. The van der Waals surface area contributed by atoms with Crippen LogP contribution in [-0.2, 0) is 11.3 Å². The molecule has 0 saturated carbocycles. The monoisotopic (exact) mass is 349 g/mol. The minimum absolute atomic E-state index is 0.0827. The Bertz CT molecular complexity index is 591. The summed E-state index contributed by atoms with van der Waals surface area (Å²) >= 11 is 16.7. The fourth-order valence-corrected chi connectivity index (χ4v) is 1.72. The van der Waals surface area contributed by atoms with E-state index < -0.39 is 9.61 Å². The van der Waals surface area contributed by atoms with E-state index in [0.717, 1.165) is 0 Å². The number of pyridine rings is 1. The standard InChI is InChI=1S/C14H11Cl3FNO2/c15-14(16,17)9-20-8-10-6-7-12(18)13(19-10)21-11-4-2-1-3-5-11/h1-7H,8-9H2. The third-order valence-electron chi connectivity index (χ3n) is 2.34. The third kappa shape index (κ3) is 5.67. The lowest BCUT2D eigenvalue weighted by molar-refractivity contribution is 0.122. The fraction of sp³-hybridized carbons (Fsp3) is 0.214. The average molecular weight is 351 g/mol. The Morgan fingerprint density at radius 3 is 2.43 bits per heavy atom. The van der Waals surface area contributed by atoms with Crippen molar-refractivity contribution in [2.45, 2.75) is 10.4 Å². The van der Waals surface area contributed by atoms with Crippen LogP contribution in [-0.4, -0.2) is 15.4 Å². The molecule has 7 heteroatoms. The largest absolute Gasteiger partial charge is 0.436 e. The van der Waals surface area contributed by atoms with Gasteiger partial charge in [-0.05, 0) is 24.3 Å². The second kappa shape index (κ2) is 7.27. The predicted octanol–water partition coefficient (Wildman–Crippen LogP) is 4.90. The van der Waals surface area contributed by atoms with Gasteiger partial charge in [0.25, 0.3) is 5.88 Å². The topological polar surface area (TPSA) is 31.4 Å². The van der Waals surface area contributed by atoms with Crippen LogP contribution in [0.5, 0.6) is 11.6 Å². The van der Waals surface area contributed by atoms with Gasteiger partial charge in [0.2, 0.25) is 3.79 Å². The summed E-state index contributed by atoms with van der Waals surface area (Å²) in [6.45, 7) is -0.00899. The molecule has 0 aliphatic heterocycles. The maximum absolute atomic E-state index is 13.7. The van der Waals surface area contributed by atoms with Gasteiger partial charge in [-0.2, -0.15) is 0 Å². The first kappa shape index (κ1) is 16.3. The highest BCUT2D eigenvalue weighted by molar-refractivity contribution is 6.67. The Balaban J connectivity index is 2.03. The van der Waals surface area contributed by atoms with Crippen LogP contribution < -0.4 is 4.74 Å². The normalized spacial score (nSPS) is 11.4. The molecule has 0 saturated heterocycles. The molecule has 1 aromatic carbocycles. The first-order valence-electron chi connectivity index (χ1n) is 5.97. The van der Waals surface area contributed by atoms with Gasteiger partial charge in [-0.1, -0.05) is 53.0 Å². The quantitative estimate of drug-likeness (QED) is 0.719. The molecule has 2 rings (SSSR count). The summed E-state index contributed by atoms with van der Waals surface area (Å²) in [5, 5.41) is 0. The number of para-hydroxylation sites is 1. The number of benzene rings is 1. The highest BCUT2D eigenvalue weighted by atomic mass is 35.6. The van der Waals surface area contributed by atoms with Crippen LogP contribution in [0.2, 0.25) is 0 Å². The average Bonchev–Trinajstić information content (AvgIpc) is 2.42. The molecule has 112 valence electrons. The first-order chi connectivity index (χ1) is 9.94. The van der Waals surface area contributed by atoms with Crippen molar-refractivity contribution in [1.82, 2.24) is 4.98 Å². The molecule has 0 unspecified atom stereocenters.